The van der Waals surface area contributed by atoms with Crippen molar-refractivity contribution in [3.63, 3.8) is 0 Å². The Hall–Kier alpha value is -6.71. The Bertz CT molecular complexity index is 3120. The summed E-state index contributed by atoms with van der Waals surface area (Å²) in [5, 5.41) is 116. The van der Waals surface area contributed by atoms with E-state index in [4.69, 9.17) is 20.3 Å². The first kappa shape index (κ1) is 73.5. The fraction of sp³-hybridized carbons (Fsp3) is 0.682. The standard InChI is InChI=1S/C66H98N12O17S/c1-36-34-78-56(57(36)87)61(91)70-33-44(81)29-46(69-32-38-9-12-40(13-10-38)62-74-75-63(96-62)41-14-16-43(17-15-41)76-23-19-66(94-3,20-24-76)42-7-5-4-6-8-42)58(88)71-53(37(2)80)64(92)77-35-45(82)30-47(77)59(89)72-54(60(90)73-55(65(78)93)50(85)31-52(67)86)49(84)27-39-11-18-48(83)51(28-39)95-26-22-68-21-25-79/h11,14-18,28,36-38,40,42,44-47,49-50,53-57,68-69,79-85,87H,4-10,12-13,19-27,29-35H2,1-3H3,(H2,67,86)(H,70,91)(H,71,88)(H,72,89)(H,73,90)/t36-,37+,38-,40-,44+,45+,46-,47-,49+,50+,53-,54-,55-,56-,57-/m0/s1. The van der Waals surface area contributed by atoms with E-state index in [-0.39, 0.29) is 80.3 Å². The summed E-state index contributed by atoms with van der Waals surface area (Å²) in [5.41, 5.74) is 7.81. The number of aliphatic hydroxyl groups excluding tert-OH is 7. The topological polar surface area (TPSA) is 433 Å². The van der Waals surface area contributed by atoms with Gasteiger partial charge in [-0.1, -0.05) is 43.6 Å². The lowest BCUT2D eigenvalue weighted by Gasteiger charge is -2.47. The van der Waals surface area contributed by atoms with E-state index in [1.807, 2.05) is 7.11 Å². The van der Waals surface area contributed by atoms with Crippen LogP contribution < -0.4 is 47.3 Å². The van der Waals surface area contributed by atoms with Crippen LogP contribution >= 0.6 is 11.3 Å². The van der Waals surface area contributed by atoms with E-state index >= 15 is 0 Å². The van der Waals surface area contributed by atoms with Crippen LogP contribution in [0.1, 0.15) is 120 Å². The molecule has 3 aromatic rings. The molecule has 16 N–H and O–H groups in total. The lowest BCUT2D eigenvalue weighted by Crippen LogP contribution is -2.64. The molecule has 0 spiro atoms. The predicted molar refractivity (Wildman–Crippen MR) is 351 cm³/mol. The van der Waals surface area contributed by atoms with Crippen LogP contribution in [0.3, 0.4) is 0 Å². The molecule has 4 saturated heterocycles. The highest BCUT2D eigenvalue weighted by atomic mass is 32.1. The van der Waals surface area contributed by atoms with Gasteiger partial charge in [0.25, 0.3) is 0 Å². The van der Waals surface area contributed by atoms with Crippen molar-refractivity contribution in [1.82, 2.24) is 51.9 Å². The number of phenols is 1. The number of aliphatic hydroxyl groups is 7. The third-order valence-electron chi connectivity index (χ3n) is 20.3. The Morgan fingerprint density at radius 3 is 2.16 bits per heavy atom. The van der Waals surface area contributed by atoms with E-state index in [1.54, 1.807) is 11.3 Å². The first-order valence-electron chi connectivity index (χ1n) is 33.9. The highest BCUT2D eigenvalue weighted by Crippen LogP contribution is 2.43. The molecule has 6 aliphatic rings. The van der Waals surface area contributed by atoms with Crippen LogP contribution in [-0.4, -0.2) is 253 Å². The SMILES string of the molecule is COC1(C2CCCCC2)CCN(c2ccc(-c3nnc([C@H]4CC[C@H](CN[C@H]5C[C@@H](O)CNC(=O)[C@@H]6[C@@H](O)[C@@H](C)CN6C(=O)[C@H]([C@H](O)CC(N)=O)NC(=O)[C@H]([C@H](O)Cc6ccc(O)c(OCCNCCO)c6)NC(=O)[C@@H]6C[C@@H](O)CN6C(=O)[C@H]([C@@H](C)O)NC5=O)CC4)s3)cc2)CC1. The fourth-order valence-electron chi connectivity index (χ4n) is 14.7. The largest absolute Gasteiger partial charge is 0.504 e. The molecule has 0 radical (unpaired) electrons. The number of piperidine rings is 1. The van der Waals surface area contributed by atoms with Crippen LogP contribution in [0.4, 0.5) is 5.69 Å². The number of ether oxygens (including phenoxy) is 2. The lowest BCUT2D eigenvalue weighted by atomic mass is 9.72. The maximum Gasteiger partial charge on any atom is 0.248 e. The van der Waals surface area contributed by atoms with Gasteiger partial charge < -0.3 is 103 Å². The predicted octanol–water partition coefficient (Wildman–Crippen LogP) is -1.61. The van der Waals surface area contributed by atoms with Gasteiger partial charge in [-0.2, -0.15) is 0 Å². The minimum atomic E-state index is -2.14. The third-order valence-corrected chi connectivity index (χ3v) is 21.4. The average molecular weight is 1360 g/mol. The van der Waals surface area contributed by atoms with Crippen LogP contribution in [0.2, 0.25) is 0 Å². The number of nitrogens with one attached hydrogen (secondary N) is 6. The summed E-state index contributed by atoms with van der Waals surface area (Å²) in [6.07, 6.45) is -1.01. The van der Waals surface area contributed by atoms with Crippen molar-refractivity contribution >= 4 is 58.4 Å². The number of phenolic OH excluding ortho intramolecular Hbond substituents is 1. The number of nitrogens with two attached hydrogens (primary N) is 1. The summed E-state index contributed by atoms with van der Waals surface area (Å²) >= 11 is 1.57. The van der Waals surface area contributed by atoms with E-state index in [2.05, 4.69) is 71.3 Å². The molecule has 1 aromatic heterocycles. The molecular weight excluding hydrogens is 1260 g/mol. The first-order chi connectivity index (χ1) is 46.0. The average Bonchev–Trinajstić information content (AvgIpc) is 1.45. The van der Waals surface area contributed by atoms with Gasteiger partial charge in [-0.15, -0.1) is 10.2 Å². The van der Waals surface area contributed by atoms with Crippen molar-refractivity contribution in [3.8, 4) is 22.1 Å². The number of carbonyl (C=O) groups excluding carboxylic acids is 7. The summed E-state index contributed by atoms with van der Waals surface area (Å²) in [7, 11) is 1.88. The summed E-state index contributed by atoms with van der Waals surface area (Å²) in [5.74, 6) is -8.02. The molecule has 0 unspecified atom stereocenters. The van der Waals surface area contributed by atoms with Crippen molar-refractivity contribution in [2.24, 2.45) is 23.5 Å². The number of nitrogens with zero attached hydrogens (tertiary/aromatic N) is 5. The molecule has 30 heteroatoms. The zero-order chi connectivity index (χ0) is 69.0. The maximum atomic E-state index is 14.8. The molecule has 2 aromatic carbocycles. The number of hydrogen-bond acceptors (Lipinski definition) is 23. The van der Waals surface area contributed by atoms with Gasteiger partial charge in [-0.3, -0.25) is 33.6 Å². The summed E-state index contributed by atoms with van der Waals surface area (Å²) in [6.45, 7) is 3.96. The number of rotatable bonds is 21. The normalized spacial score (nSPS) is 29.5. The van der Waals surface area contributed by atoms with E-state index in [0.717, 1.165) is 77.0 Å². The van der Waals surface area contributed by atoms with Gasteiger partial charge in [-0.05, 0) is 125 Å². The molecule has 7 amide bonds. The van der Waals surface area contributed by atoms with Crippen molar-refractivity contribution in [2.45, 2.75) is 195 Å². The van der Waals surface area contributed by atoms with Crippen LogP contribution in [0, 0.1) is 17.8 Å². The number of fused-ring (bicyclic) bond motifs is 2. The third kappa shape index (κ3) is 18.1. The molecule has 29 nitrogen and oxygen atoms in total. The van der Waals surface area contributed by atoms with Crippen LogP contribution in [-0.2, 0) is 44.7 Å². The Labute approximate surface area is 562 Å². The van der Waals surface area contributed by atoms with Crippen molar-refractivity contribution < 1.29 is 83.9 Å². The number of anilines is 1. The first-order valence-corrected chi connectivity index (χ1v) is 34.7. The molecule has 2 saturated carbocycles. The Kier molecular flexibility index (Phi) is 25.8. The zero-order valence-corrected chi connectivity index (χ0v) is 55.7. The number of aromatic hydroxyl groups is 1. The van der Waals surface area contributed by atoms with E-state index in [1.165, 1.54) is 69.8 Å². The van der Waals surface area contributed by atoms with Gasteiger partial charge in [0.2, 0.25) is 41.4 Å². The second-order valence-electron chi connectivity index (χ2n) is 27.0. The molecule has 96 heavy (non-hydrogen) atoms. The Balaban J connectivity index is 0.912. The number of benzene rings is 2. The van der Waals surface area contributed by atoms with E-state index < -0.39 is 152 Å². The molecule has 530 valence electrons. The second-order valence-corrected chi connectivity index (χ2v) is 28.0. The molecule has 0 bridgehead atoms. The number of β-amino-alcohol motifs (C(OH)–C–C–N with tert-alkyl or cyclic N) is 1. The monoisotopic (exact) mass is 1360 g/mol. The van der Waals surface area contributed by atoms with Gasteiger partial charge in [-0.25, -0.2) is 0 Å². The van der Waals surface area contributed by atoms with E-state index in [0.29, 0.717) is 5.92 Å². The quantitative estimate of drug-likeness (QED) is 0.0534. The molecule has 4 aliphatic heterocycles. The molecule has 6 fully saturated rings. The summed E-state index contributed by atoms with van der Waals surface area (Å²) in [6, 6.07) is 1.84. The van der Waals surface area contributed by atoms with Gasteiger partial charge in [0, 0.05) is 88.9 Å². The molecular formula is C66H98N12O17S. The zero-order valence-electron chi connectivity index (χ0n) is 54.9. The van der Waals surface area contributed by atoms with Crippen LogP contribution in [0.15, 0.2) is 42.5 Å². The lowest BCUT2D eigenvalue weighted by molar-refractivity contribution is -0.147. The molecule has 2 aliphatic carbocycles. The minimum absolute atomic E-state index is 0.0222. The number of aromatic nitrogens is 2. The number of primary amides is 1. The summed E-state index contributed by atoms with van der Waals surface area (Å²) in [4.78, 5) is 104. The van der Waals surface area contributed by atoms with Crippen molar-refractivity contribution in [3.05, 3.63) is 53.0 Å². The smallest absolute Gasteiger partial charge is 0.248 e. The van der Waals surface area contributed by atoms with Gasteiger partial charge in [0.15, 0.2) is 11.5 Å². The van der Waals surface area contributed by atoms with Crippen LogP contribution in [0.25, 0.3) is 10.6 Å². The number of amides is 7. The molecule has 13 atom stereocenters. The fourth-order valence-corrected chi connectivity index (χ4v) is 15.7. The molecule has 9 rings (SSSR count). The van der Waals surface area contributed by atoms with Gasteiger partial charge in [0.1, 0.15) is 46.8 Å². The van der Waals surface area contributed by atoms with Crippen molar-refractivity contribution in [2.75, 3.05) is 77.6 Å². The highest BCUT2D eigenvalue weighted by Gasteiger charge is 2.50. The van der Waals surface area contributed by atoms with E-state index in [9.17, 15) is 69.3 Å². The maximum absolute atomic E-state index is 14.8. The van der Waals surface area contributed by atoms with Gasteiger partial charge in [0.05, 0.1) is 61.3 Å². The van der Waals surface area contributed by atoms with Gasteiger partial charge >= 0.3 is 0 Å². The van der Waals surface area contributed by atoms with Crippen LogP contribution in [0.5, 0.6) is 11.5 Å². The Morgan fingerprint density at radius 1 is 0.792 bits per heavy atom. The number of carbonyl (C=O) groups is 7. The summed E-state index contributed by atoms with van der Waals surface area (Å²) < 4.78 is 12.0. The van der Waals surface area contributed by atoms with Crippen molar-refractivity contribution in [1.29, 1.82) is 0 Å². The number of hydrogen-bond donors (Lipinski definition) is 15. The second kappa shape index (κ2) is 33.7. The minimum Gasteiger partial charge on any atom is -0.504 e. The molecule has 5 heterocycles. The Morgan fingerprint density at radius 2 is 1.48 bits per heavy atom. The number of methoxy groups -OCH3 is 1. The highest BCUT2D eigenvalue weighted by molar-refractivity contribution is 7.14.